The predicted octanol–water partition coefficient (Wildman–Crippen LogP) is 1.59. The SMILES string of the molecule is N#Cc1cccc(-c2cc(-c3cn(Cc4cccc(OCC(O)O)c4)nn3)nc(N)n2)c1. The van der Waals surface area contributed by atoms with Gasteiger partial charge >= 0.3 is 0 Å². The average Bonchev–Trinajstić information content (AvgIpc) is 3.26. The molecule has 4 rings (SSSR count). The van der Waals surface area contributed by atoms with Crippen LogP contribution in [0, 0.1) is 11.3 Å². The van der Waals surface area contributed by atoms with Crippen molar-refractivity contribution in [2.45, 2.75) is 12.8 Å². The molecule has 4 aromatic rings. The molecule has 0 fully saturated rings. The van der Waals surface area contributed by atoms with Gasteiger partial charge in [0, 0.05) is 5.56 Å². The second kappa shape index (κ2) is 9.22. The highest BCUT2D eigenvalue weighted by Gasteiger charge is 2.11. The number of aliphatic hydroxyl groups is 2. The molecule has 32 heavy (non-hydrogen) atoms. The Labute approximate surface area is 183 Å². The first-order chi connectivity index (χ1) is 15.5. The summed E-state index contributed by atoms with van der Waals surface area (Å²) >= 11 is 0. The zero-order valence-corrected chi connectivity index (χ0v) is 16.8. The summed E-state index contributed by atoms with van der Waals surface area (Å²) in [6.07, 6.45) is 0.200. The molecule has 160 valence electrons. The molecule has 0 saturated heterocycles. The van der Waals surface area contributed by atoms with Crippen molar-refractivity contribution in [2.24, 2.45) is 0 Å². The number of hydrogen-bond acceptors (Lipinski definition) is 9. The van der Waals surface area contributed by atoms with E-state index >= 15 is 0 Å². The van der Waals surface area contributed by atoms with Gasteiger partial charge in [0.2, 0.25) is 5.95 Å². The monoisotopic (exact) mass is 429 g/mol. The third kappa shape index (κ3) is 5.04. The zero-order valence-electron chi connectivity index (χ0n) is 16.8. The summed E-state index contributed by atoms with van der Waals surface area (Å²) in [7, 11) is 0. The highest BCUT2D eigenvalue weighted by Crippen LogP contribution is 2.24. The topological polar surface area (TPSA) is 156 Å². The van der Waals surface area contributed by atoms with E-state index in [-0.39, 0.29) is 12.6 Å². The van der Waals surface area contributed by atoms with Crippen molar-refractivity contribution >= 4 is 5.95 Å². The van der Waals surface area contributed by atoms with Crippen LogP contribution >= 0.6 is 0 Å². The van der Waals surface area contributed by atoms with Gasteiger partial charge in [-0.15, -0.1) is 5.10 Å². The first-order valence-electron chi connectivity index (χ1n) is 9.63. The third-order valence-electron chi connectivity index (χ3n) is 4.47. The van der Waals surface area contributed by atoms with E-state index in [0.717, 1.165) is 11.1 Å². The minimum atomic E-state index is -1.54. The van der Waals surface area contributed by atoms with Crippen LogP contribution in [-0.4, -0.2) is 48.1 Å². The third-order valence-corrected chi connectivity index (χ3v) is 4.47. The molecule has 10 heteroatoms. The molecule has 4 N–H and O–H groups in total. The predicted molar refractivity (Wildman–Crippen MR) is 115 cm³/mol. The zero-order chi connectivity index (χ0) is 22.5. The van der Waals surface area contributed by atoms with Gasteiger partial charge in [-0.2, -0.15) is 5.26 Å². The van der Waals surface area contributed by atoms with E-state index in [9.17, 15) is 0 Å². The van der Waals surface area contributed by atoms with Crippen molar-refractivity contribution in [3.05, 3.63) is 71.9 Å². The van der Waals surface area contributed by atoms with E-state index in [1.807, 2.05) is 12.1 Å². The Kier molecular flexibility index (Phi) is 6.03. The molecule has 2 heterocycles. The Morgan fingerprint density at radius 1 is 1.03 bits per heavy atom. The van der Waals surface area contributed by atoms with E-state index in [2.05, 4.69) is 26.3 Å². The summed E-state index contributed by atoms with van der Waals surface area (Å²) < 4.78 is 6.95. The molecule has 0 atom stereocenters. The Morgan fingerprint density at radius 3 is 2.66 bits per heavy atom. The number of aliphatic hydroxyl groups excluding tert-OH is 1. The fourth-order valence-corrected chi connectivity index (χ4v) is 3.08. The maximum atomic E-state index is 9.13. The van der Waals surface area contributed by atoms with E-state index in [1.165, 1.54) is 0 Å². The molecule has 0 aliphatic carbocycles. The number of nitrogen functional groups attached to an aromatic ring is 1. The van der Waals surface area contributed by atoms with Crippen molar-refractivity contribution in [1.82, 2.24) is 25.0 Å². The summed E-state index contributed by atoms with van der Waals surface area (Å²) in [5.74, 6) is 0.606. The number of aromatic nitrogens is 5. The summed E-state index contributed by atoms with van der Waals surface area (Å²) in [6, 6.07) is 18.1. The van der Waals surface area contributed by atoms with Crippen molar-refractivity contribution < 1.29 is 14.9 Å². The number of benzene rings is 2. The molecule has 0 aliphatic rings. The quantitative estimate of drug-likeness (QED) is 0.371. The molecule has 0 spiro atoms. The highest BCUT2D eigenvalue weighted by atomic mass is 16.5. The van der Waals surface area contributed by atoms with E-state index < -0.39 is 6.29 Å². The molecule has 0 aliphatic heterocycles. The maximum Gasteiger partial charge on any atom is 0.221 e. The number of nitrogens with two attached hydrogens (primary N) is 1. The fourth-order valence-electron chi connectivity index (χ4n) is 3.08. The molecule has 0 saturated carbocycles. The van der Waals surface area contributed by atoms with Gasteiger partial charge in [0.15, 0.2) is 6.29 Å². The lowest BCUT2D eigenvalue weighted by Gasteiger charge is -2.09. The van der Waals surface area contributed by atoms with Gasteiger partial charge in [-0.1, -0.05) is 29.5 Å². The largest absolute Gasteiger partial charge is 0.488 e. The number of anilines is 1. The minimum absolute atomic E-state index is 0.0883. The van der Waals surface area contributed by atoms with Crippen LogP contribution < -0.4 is 10.5 Å². The Balaban J connectivity index is 1.56. The average molecular weight is 429 g/mol. The lowest BCUT2D eigenvalue weighted by Crippen LogP contribution is -2.16. The number of nitrogens with zero attached hydrogens (tertiary/aromatic N) is 6. The van der Waals surface area contributed by atoms with Gasteiger partial charge in [0.25, 0.3) is 0 Å². The van der Waals surface area contributed by atoms with Crippen LogP contribution in [0.2, 0.25) is 0 Å². The summed E-state index contributed by atoms with van der Waals surface area (Å²) in [4.78, 5) is 8.54. The summed E-state index contributed by atoms with van der Waals surface area (Å²) in [5.41, 5.74) is 9.68. The van der Waals surface area contributed by atoms with Gasteiger partial charge in [0.05, 0.1) is 35.8 Å². The Hall–Kier alpha value is -4.33. The lowest BCUT2D eigenvalue weighted by molar-refractivity contribution is -0.0680. The molecule has 2 aromatic heterocycles. The first-order valence-corrected chi connectivity index (χ1v) is 9.63. The molecule has 2 aromatic carbocycles. The summed E-state index contributed by atoms with van der Waals surface area (Å²) in [6.45, 7) is 0.204. The van der Waals surface area contributed by atoms with Gasteiger partial charge < -0.3 is 20.7 Å². The summed E-state index contributed by atoms with van der Waals surface area (Å²) in [5, 5.41) is 35.4. The molecule has 0 radical (unpaired) electrons. The van der Waals surface area contributed by atoms with Crippen LogP contribution in [0.3, 0.4) is 0 Å². The van der Waals surface area contributed by atoms with E-state index in [1.54, 1.807) is 53.3 Å². The van der Waals surface area contributed by atoms with Crippen LogP contribution in [0.4, 0.5) is 5.95 Å². The van der Waals surface area contributed by atoms with Crippen molar-refractivity contribution in [1.29, 1.82) is 5.26 Å². The smallest absolute Gasteiger partial charge is 0.221 e. The molecule has 0 unspecified atom stereocenters. The number of ether oxygens (including phenoxy) is 1. The van der Waals surface area contributed by atoms with Crippen LogP contribution in [0.25, 0.3) is 22.6 Å². The second-order valence-corrected chi connectivity index (χ2v) is 6.93. The Bertz CT molecular complexity index is 1280. The van der Waals surface area contributed by atoms with Crippen LogP contribution in [0.1, 0.15) is 11.1 Å². The molecular weight excluding hydrogens is 410 g/mol. The molecular formula is C22H19N7O3. The van der Waals surface area contributed by atoms with Crippen molar-refractivity contribution in [3.63, 3.8) is 0 Å². The first kappa shape index (κ1) is 20.9. The minimum Gasteiger partial charge on any atom is -0.488 e. The van der Waals surface area contributed by atoms with Crippen LogP contribution in [0.15, 0.2) is 60.8 Å². The number of rotatable bonds is 7. The molecule has 0 bridgehead atoms. The van der Waals surface area contributed by atoms with Crippen molar-refractivity contribution in [3.8, 4) is 34.5 Å². The van der Waals surface area contributed by atoms with Crippen LogP contribution in [0.5, 0.6) is 5.75 Å². The molecule has 0 amide bonds. The fraction of sp³-hybridized carbons (Fsp3) is 0.136. The van der Waals surface area contributed by atoms with E-state index in [0.29, 0.717) is 34.9 Å². The van der Waals surface area contributed by atoms with E-state index in [4.69, 9.17) is 25.9 Å². The van der Waals surface area contributed by atoms with Crippen molar-refractivity contribution in [2.75, 3.05) is 12.3 Å². The lowest BCUT2D eigenvalue weighted by atomic mass is 10.1. The standard InChI is InChI=1S/C22H19N7O3/c23-10-14-3-1-5-16(7-14)18-9-19(26-22(24)25-18)20-12-29(28-27-20)11-15-4-2-6-17(8-15)32-13-21(30)31/h1-9,12,21,30-31H,11,13H2,(H2,24,25,26). The second-order valence-electron chi connectivity index (χ2n) is 6.93. The van der Waals surface area contributed by atoms with Gasteiger partial charge in [-0.3, -0.25) is 0 Å². The normalized spacial score (nSPS) is 10.8. The van der Waals surface area contributed by atoms with Gasteiger partial charge in [-0.05, 0) is 35.9 Å². The van der Waals surface area contributed by atoms with Gasteiger partial charge in [-0.25, -0.2) is 14.6 Å². The maximum absolute atomic E-state index is 9.13. The van der Waals surface area contributed by atoms with Gasteiger partial charge in [0.1, 0.15) is 18.1 Å². The molecule has 10 nitrogen and oxygen atoms in total. The Morgan fingerprint density at radius 2 is 1.84 bits per heavy atom. The van der Waals surface area contributed by atoms with Crippen LogP contribution in [-0.2, 0) is 6.54 Å². The highest BCUT2D eigenvalue weighted by molar-refractivity contribution is 5.68. The number of hydrogen-bond donors (Lipinski definition) is 3. The number of nitriles is 1.